The van der Waals surface area contributed by atoms with Crippen LogP contribution in [0.1, 0.15) is 60.3 Å². The summed E-state index contributed by atoms with van der Waals surface area (Å²) in [6.07, 6.45) is 3.56. The Labute approximate surface area is 171 Å². The standard InChI is InChI=1S/C20H43N5O3/c1-16(2)17(25-19(27)28-20(3,4)5)18(26)24-15-9-14-23-12-7-6-11-22-13-8-10-21/h16-17,22-23H,6-15,21H2,1-5H3,(H,24,26)(H,25,27)/t17-/m0/s1. The predicted molar refractivity (Wildman–Crippen MR) is 114 cm³/mol. The molecule has 8 nitrogen and oxygen atoms in total. The van der Waals surface area contributed by atoms with Gasteiger partial charge in [-0.2, -0.15) is 0 Å². The maximum atomic E-state index is 12.4. The number of nitrogens with two attached hydrogens (primary N) is 1. The van der Waals surface area contributed by atoms with Crippen molar-refractivity contribution in [2.24, 2.45) is 11.7 Å². The van der Waals surface area contributed by atoms with Crippen molar-refractivity contribution >= 4 is 12.0 Å². The number of ether oxygens (including phenoxy) is 1. The van der Waals surface area contributed by atoms with Crippen LogP contribution >= 0.6 is 0 Å². The van der Waals surface area contributed by atoms with E-state index < -0.39 is 17.7 Å². The second kappa shape index (κ2) is 15.5. The van der Waals surface area contributed by atoms with Gasteiger partial charge >= 0.3 is 6.09 Å². The van der Waals surface area contributed by atoms with Crippen LogP contribution < -0.4 is 27.0 Å². The first-order chi connectivity index (χ1) is 13.2. The van der Waals surface area contributed by atoms with Gasteiger partial charge in [0.25, 0.3) is 0 Å². The zero-order valence-corrected chi connectivity index (χ0v) is 18.5. The van der Waals surface area contributed by atoms with Crippen LogP contribution in [0.5, 0.6) is 0 Å². The third kappa shape index (κ3) is 15.7. The molecular formula is C20H43N5O3. The zero-order valence-electron chi connectivity index (χ0n) is 18.5. The summed E-state index contributed by atoms with van der Waals surface area (Å²) in [5.74, 6) is -0.200. The van der Waals surface area contributed by atoms with Crippen molar-refractivity contribution in [3.63, 3.8) is 0 Å². The minimum atomic E-state index is -0.602. The van der Waals surface area contributed by atoms with Crippen molar-refractivity contribution in [3.8, 4) is 0 Å². The van der Waals surface area contributed by atoms with Crippen LogP contribution in [0.4, 0.5) is 4.79 Å². The summed E-state index contributed by atoms with van der Waals surface area (Å²) < 4.78 is 5.24. The molecule has 0 aromatic rings. The number of hydrogen-bond donors (Lipinski definition) is 5. The summed E-state index contributed by atoms with van der Waals surface area (Å²) in [5.41, 5.74) is 4.85. The maximum absolute atomic E-state index is 12.4. The van der Waals surface area contributed by atoms with Crippen LogP contribution in [-0.2, 0) is 9.53 Å². The van der Waals surface area contributed by atoms with Crippen LogP contribution in [0.3, 0.4) is 0 Å². The van der Waals surface area contributed by atoms with E-state index >= 15 is 0 Å². The second-order valence-corrected chi connectivity index (χ2v) is 8.36. The first-order valence-corrected chi connectivity index (χ1v) is 10.6. The zero-order chi connectivity index (χ0) is 21.4. The van der Waals surface area contributed by atoms with E-state index in [0.29, 0.717) is 6.54 Å². The Hall–Kier alpha value is -1.38. The number of rotatable bonds is 15. The quantitative estimate of drug-likeness (QED) is 0.264. The van der Waals surface area contributed by atoms with Crippen molar-refractivity contribution in [2.45, 2.75) is 71.9 Å². The smallest absolute Gasteiger partial charge is 0.408 e. The van der Waals surface area contributed by atoms with Crippen molar-refractivity contribution in [1.29, 1.82) is 0 Å². The fraction of sp³-hybridized carbons (Fsp3) is 0.900. The molecule has 0 aromatic heterocycles. The number of alkyl carbamates (subject to hydrolysis) is 1. The second-order valence-electron chi connectivity index (χ2n) is 8.36. The first-order valence-electron chi connectivity index (χ1n) is 10.6. The highest BCUT2D eigenvalue weighted by Gasteiger charge is 2.26. The van der Waals surface area contributed by atoms with Crippen molar-refractivity contribution < 1.29 is 14.3 Å². The Morgan fingerprint density at radius 2 is 1.43 bits per heavy atom. The fourth-order valence-corrected chi connectivity index (χ4v) is 2.48. The van der Waals surface area contributed by atoms with Gasteiger partial charge in [0.2, 0.25) is 5.91 Å². The molecule has 0 aliphatic carbocycles. The highest BCUT2D eigenvalue weighted by atomic mass is 16.6. The lowest BCUT2D eigenvalue weighted by Crippen LogP contribution is -2.51. The summed E-state index contributed by atoms with van der Waals surface area (Å²) in [4.78, 5) is 24.3. The Balaban J connectivity index is 3.82. The monoisotopic (exact) mass is 401 g/mol. The number of amides is 2. The van der Waals surface area contributed by atoms with E-state index in [1.165, 1.54) is 0 Å². The fourth-order valence-electron chi connectivity index (χ4n) is 2.48. The van der Waals surface area contributed by atoms with E-state index in [0.717, 1.165) is 58.4 Å². The molecule has 0 aliphatic rings. The first kappa shape index (κ1) is 26.6. The maximum Gasteiger partial charge on any atom is 0.408 e. The van der Waals surface area contributed by atoms with Crippen LogP contribution in [0.25, 0.3) is 0 Å². The molecule has 0 aliphatic heterocycles. The van der Waals surface area contributed by atoms with E-state index in [-0.39, 0.29) is 11.8 Å². The van der Waals surface area contributed by atoms with Gasteiger partial charge in [0.05, 0.1) is 0 Å². The molecule has 166 valence electrons. The predicted octanol–water partition coefficient (Wildman–Crippen LogP) is 1.35. The molecule has 28 heavy (non-hydrogen) atoms. The highest BCUT2D eigenvalue weighted by molar-refractivity contribution is 5.85. The largest absolute Gasteiger partial charge is 0.444 e. The topological polar surface area (TPSA) is 118 Å². The molecule has 8 heteroatoms. The molecule has 0 heterocycles. The van der Waals surface area contributed by atoms with Crippen LogP contribution in [0.15, 0.2) is 0 Å². The van der Waals surface area contributed by atoms with Crippen molar-refractivity contribution in [1.82, 2.24) is 21.3 Å². The molecule has 2 amide bonds. The minimum Gasteiger partial charge on any atom is -0.444 e. The highest BCUT2D eigenvalue weighted by Crippen LogP contribution is 2.08. The molecule has 0 bridgehead atoms. The van der Waals surface area contributed by atoms with Gasteiger partial charge in [-0.1, -0.05) is 13.8 Å². The molecular weight excluding hydrogens is 358 g/mol. The molecule has 6 N–H and O–H groups in total. The lowest BCUT2D eigenvalue weighted by Gasteiger charge is -2.25. The number of carbonyl (C=O) groups excluding carboxylic acids is 2. The average Bonchev–Trinajstić information content (AvgIpc) is 2.58. The third-order valence-corrected chi connectivity index (χ3v) is 3.97. The van der Waals surface area contributed by atoms with Crippen molar-refractivity contribution in [2.75, 3.05) is 39.3 Å². The molecule has 0 fully saturated rings. The Kier molecular flexibility index (Phi) is 14.8. The summed E-state index contributed by atoms with van der Waals surface area (Å²) in [5, 5.41) is 12.3. The van der Waals surface area contributed by atoms with E-state index in [1.54, 1.807) is 20.8 Å². The summed E-state index contributed by atoms with van der Waals surface area (Å²) in [7, 11) is 0. The van der Waals surface area contributed by atoms with Gasteiger partial charge in [0.15, 0.2) is 0 Å². The van der Waals surface area contributed by atoms with Crippen LogP contribution in [-0.4, -0.2) is 62.9 Å². The number of carbonyl (C=O) groups is 2. The summed E-state index contributed by atoms with van der Waals surface area (Å²) in [6, 6.07) is -0.602. The SMILES string of the molecule is CC(C)[C@H](NC(=O)OC(C)(C)C)C(=O)NCCCNCCCCNCCCN. The van der Waals surface area contributed by atoms with E-state index in [1.807, 2.05) is 13.8 Å². The van der Waals surface area contributed by atoms with Crippen LogP contribution in [0.2, 0.25) is 0 Å². The molecule has 0 unspecified atom stereocenters. The molecule has 1 atom stereocenters. The van der Waals surface area contributed by atoms with Gasteiger partial charge in [0.1, 0.15) is 11.6 Å². The van der Waals surface area contributed by atoms with Crippen molar-refractivity contribution in [3.05, 3.63) is 0 Å². The lowest BCUT2D eigenvalue weighted by atomic mass is 10.0. The van der Waals surface area contributed by atoms with Gasteiger partial charge in [-0.15, -0.1) is 0 Å². The Morgan fingerprint density at radius 3 is 1.93 bits per heavy atom. The number of hydrogen-bond acceptors (Lipinski definition) is 6. The van der Waals surface area contributed by atoms with Gasteiger partial charge in [-0.05, 0) is 85.1 Å². The number of nitrogens with one attached hydrogen (secondary N) is 4. The third-order valence-electron chi connectivity index (χ3n) is 3.97. The van der Waals surface area contributed by atoms with Gasteiger partial charge in [-0.3, -0.25) is 4.79 Å². The molecule has 0 saturated carbocycles. The molecule has 0 aromatic carbocycles. The van der Waals surface area contributed by atoms with E-state index in [2.05, 4.69) is 21.3 Å². The normalized spacial score (nSPS) is 12.7. The van der Waals surface area contributed by atoms with Gasteiger partial charge in [-0.25, -0.2) is 4.79 Å². The molecule has 0 saturated heterocycles. The lowest BCUT2D eigenvalue weighted by molar-refractivity contribution is -0.124. The molecule has 0 spiro atoms. The Morgan fingerprint density at radius 1 is 0.893 bits per heavy atom. The van der Waals surface area contributed by atoms with Gasteiger partial charge in [0, 0.05) is 6.54 Å². The van der Waals surface area contributed by atoms with Crippen LogP contribution in [0, 0.1) is 5.92 Å². The average molecular weight is 402 g/mol. The minimum absolute atomic E-state index is 0.0240. The Bertz CT molecular complexity index is 425. The molecule has 0 rings (SSSR count). The van der Waals surface area contributed by atoms with E-state index in [9.17, 15) is 9.59 Å². The summed E-state index contributed by atoms with van der Waals surface area (Å²) in [6.45, 7) is 14.3. The molecule has 0 radical (unpaired) electrons. The number of unbranched alkanes of at least 4 members (excludes halogenated alkanes) is 1. The van der Waals surface area contributed by atoms with Gasteiger partial charge < -0.3 is 31.7 Å². The summed E-state index contributed by atoms with van der Waals surface area (Å²) >= 11 is 0. The van der Waals surface area contributed by atoms with E-state index in [4.69, 9.17) is 10.5 Å².